The van der Waals surface area contributed by atoms with Gasteiger partial charge in [0.2, 0.25) is 0 Å². The molecule has 0 spiro atoms. The van der Waals surface area contributed by atoms with Gasteiger partial charge >= 0.3 is 0 Å². The molecule has 0 saturated heterocycles. The van der Waals surface area contributed by atoms with E-state index in [1.54, 1.807) is 0 Å². The third-order valence-electron chi connectivity index (χ3n) is 2.55. The van der Waals surface area contributed by atoms with Gasteiger partial charge in [0.1, 0.15) is 0 Å². The predicted octanol–water partition coefficient (Wildman–Crippen LogP) is 4.76. The van der Waals surface area contributed by atoms with Gasteiger partial charge in [-0.25, -0.2) is 0 Å². The van der Waals surface area contributed by atoms with Gasteiger partial charge in [0.05, 0.1) is 0 Å². The molecule has 13 heavy (non-hydrogen) atoms. The molecule has 1 unspecified atom stereocenters. The van der Waals surface area contributed by atoms with Gasteiger partial charge in [0, 0.05) is 0 Å². The summed E-state index contributed by atoms with van der Waals surface area (Å²) in [5, 5.41) is 1.88. The summed E-state index contributed by atoms with van der Waals surface area (Å²) in [5.74, 6) is 0.809. The summed E-state index contributed by atoms with van der Waals surface area (Å²) in [6, 6.07) is 0. The van der Waals surface area contributed by atoms with Crippen molar-refractivity contribution < 1.29 is 0 Å². The molecule has 0 aromatic carbocycles. The molecule has 0 radical (unpaired) electrons. The fourth-order valence-corrected chi connectivity index (χ4v) is 1.88. The SMILES string of the molecule is CCCCCCCCC(C)CC=S. The van der Waals surface area contributed by atoms with Crippen LogP contribution in [0.2, 0.25) is 0 Å². The predicted molar refractivity (Wildman–Crippen MR) is 65.4 cm³/mol. The van der Waals surface area contributed by atoms with E-state index in [-0.39, 0.29) is 0 Å². The first-order chi connectivity index (χ1) is 6.31. The highest BCUT2D eigenvalue weighted by atomic mass is 32.1. The van der Waals surface area contributed by atoms with E-state index in [4.69, 9.17) is 12.2 Å². The lowest BCUT2D eigenvalue weighted by Gasteiger charge is -2.07. The zero-order valence-corrected chi connectivity index (χ0v) is 10.0. The Hall–Kier alpha value is 0.0900. The van der Waals surface area contributed by atoms with E-state index in [0.29, 0.717) is 0 Å². The molecular weight excluding hydrogens is 176 g/mol. The number of rotatable bonds is 9. The van der Waals surface area contributed by atoms with Crippen molar-refractivity contribution in [2.75, 3.05) is 0 Å². The van der Waals surface area contributed by atoms with Crippen molar-refractivity contribution >= 4 is 17.6 Å². The summed E-state index contributed by atoms with van der Waals surface area (Å²) in [6.45, 7) is 4.57. The highest BCUT2D eigenvalue weighted by molar-refractivity contribution is 7.78. The van der Waals surface area contributed by atoms with Crippen LogP contribution in [0, 0.1) is 5.92 Å². The number of hydrogen-bond donors (Lipinski definition) is 0. The fourth-order valence-electron chi connectivity index (χ4n) is 1.56. The Kier molecular flexibility index (Phi) is 10.2. The summed E-state index contributed by atoms with van der Waals surface area (Å²) >= 11 is 4.84. The molecule has 0 rings (SSSR count). The molecule has 0 aromatic heterocycles. The van der Waals surface area contributed by atoms with Gasteiger partial charge in [0.15, 0.2) is 0 Å². The van der Waals surface area contributed by atoms with Crippen LogP contribution in [0.4, 0.5) is 0 Å². The maximum Gasteiger partial charge on any atom is -0.0208 e. The molecular formula is C12H24S. The van der Waals surface area contributed by atoms with Crippen LogP contribution in [0.25, 0.3) is 0 Å². The fraction of sp³-hybridized carbons (Fsp3) is 0.917. The van der Waals surface area contributed by atoms with E-state index in [1.807, 2.05) is 5.37 Å². The van der Waals surface area contributed by atoms with Crippen molar-refractivity contribution in [2.45, 2.75) is 65.2 Å². The Balaban J connectivity index is 3.01. The quantitative estimate of drug-likeness (QED) is 0.382. The van der Waals surface area contributed by atoms with Gasteiger partial charge in [-0.15, -0.1) is 0 Å². The minimum Gasteiger partial charge on any atom is -0.0935 e. The monoisotopic (exact) mass is 200 g/mol. The zero-order valence-electron chi connectivity index (χ0n) is 9.22. The summed E-state index contributed by atoms with van der Waals surface area (Å²) in [7, 11) is 0. The van der Waals surface area contributed by atoms with Crippen molar-refractivity contribution in [2.24, 2.45) is 5.92 Å². The van der Waals surface area contributed by atoms with Crippen molar-refractivity contribution in [3.05, 3.63) is 0 Å². The molecule has 0 bridgehead atoms. The third-order valence-corrected chi connectivity index (χ3v) is 2.74. The van der Waals surface area contributed by atoms with E-state index >= 15 is 0 Å². The van der Waals surface area contributed by atoms with E-state index in [9.17, 15) is 0 Å². The molecule has 0 nitrogen and oxygen atoms in total. The van der Waals surface area contributed by atoms with Crippen molar-refractivity contribution in [3.8, 4) is 0 Å². The Morgan fingerprint density at radius 1 is 1.08 bits per heavy atom. The van der Waals surface area contributed by atoms with Crippen LogP contribution >= 0.6 is 12.2 Å². The second-order valence-corrected chi connectivity index (χ2v) is 4.40. The normalized spacial score (nSPS) is 12.8. The highest BCUT2D eigenvalue weighted by Gasteiger charge is 1.98. The van der Waals surface area contributed by atoms with Crippen LogP contribution < -0.4 is 0 Å². The van der Waals surface area contributed by atoms with Crippen molar-refractivity contribution in [1.29, 1.82) is 0 Å². The summed E-state index contributed by atoms with van der Waals surface area (Å²) in [6.07, 6.45) is 10.9. The summed E-state index contributed by atoms with van der Waals surface area (Å²) in [4.78, 5) is 0. The average Bonchev–Trinajstić information content (AvgIpc) is 2.11. The number of thiocarbonyl (C=S) groups is 1. The van der Waals surface area contributed by atoms with Gasteiger partial charge < -0.3 is 0 Å². The van der Waals surface area contributed by atoms with E-state index in [2.05, 4.69) is 13.8 Å². The maximum atomic E-state index is 4.84. The first-order valence-corrected chi connectivity index (χ1v) is 6.22. The molecule has 0 N–H and O–H groups in total. The summed E-state index contributed by atoms with van der Waals surface area (Å²) in [5.41, 5.74) is 0. The van der Waals surface area contributed by atoms with Crippen LogP contribution in [0.1, 0.15) is 65.2 Å². The Labute approximate surface area is 89.1 Å². The van der Waals surface area contributed by atoms with Gasteiger partial charge in [-0.2, -0.15) is 0 Å². The van der Waals surface area contributed by atoms with Crippen molar-refractivity contribution in [1.82, 2.24) is 0 Å². The minimum absolute atomic E-state index is 0.809. The molecule has 78 valence electrons. The van der Waals surface area contributed by atoms with Crippen LogP contribution in [0.3, 0.4) is 0 Å². The highest BCUT2D eigenvalue weighted by Crippen LogP contribution is 2.13. The molecule has 1 atom stereocenters. The minimum atomic E-state index is 0.809. The van der Waals surface area contributed by atoms with E-state index in [0.717, 1.165) is 12.3 Å². The smallest absolute Gasteiger partial charge is 0.0208 e. The lowest BCUT2D eigenvalue weighted by molar-refractivity contribution is 0.498. The molecule has 0 aliphatic heterocycles. The molecule has 0 fully saturated rings. The van der Waals surface area contributed by atoms with E-state index < -0.39 is 0 Å². The molecule has 0 amide bonds. The topological polar surface area (TPSA) is 0 Å². The first kappa shape index (κ1) is 13.1. The number of hydrogen-bond acceptors (Lipinski definition) is 1. The lowest BCUT2D eigenvalue weighted by Crippen LogP contribution is -1.94. The Morgan fingerprint density at radius 2 is 1.69 bits per heavy atom. The molecule has 1 heteroatoms. The lowest BCUT2D eigenvalue weighted by atomic mass is 10.00. The third kappa shape index (κ3) is 10.0. The molecule has 0 aliphatic rings. The van der Waals surface area contributed by atoms with Gasteiger partial charge in [0.25, 0.3) is 0 Å². The first-order valence-electron chi connectivity index (χ1n) is 5.74. The Bertz CT molecular complexity index is 110. The standard InChI is InChI=1S/C12H24S/c1-3-4-5-6-7-8-9-12(2)10-11-13/h11-12H,3-10H2,1-2H3. The average molecular weight is 200 g/mol. The van der Waals surface area contributed by atoms with E-state index in [1.165, 1.54) is 44.9 Å². The second kappa shape index (κ2) is 10.2. The van der Waals surface area contributed by atoms with Crippen LogP contribution in [0.15, 0.2) is 0 Å². The zero-order chi connectivity index (χ0) is 9.94. The van der Waals surface area contributed by atoms with Gasteiger partial charge in [-0.1, -0.05) is 71.0 Å². The molecule has 0 heterocycles. The van der Waals surface area contributed by atoms with Crippen LogP contribution in [-0.2, 0) is 0 Å². The van der Waals surface area contributed by atoms with Crippen LogP contribution in [0.5, 0.6) is 0 Å². The molecule has 0 aliphatic carbocycles. The van der Waals surface area contributed by atoms with Crippen LogP contribution in [-0.4, -0.2) is 5.37 Å². The largest absolute Gasteiger partial charge is 0.0935 e. The number of unbranched alkanes of at least 4 members (excludes halogenated alkanes) is 5. The summed E-state index contributed by atoms with van der Waals surface area (Å²) < 4.78 is 0. The maximum absolute atomic E-state index is 4.84. The molecule has 0 saturated carbocycles. The van der Waals surface area contributed by atoms with Gasteiger partial charge in [-0.3, -0.25) is 0 Å². The molecule has 0 aromatic rings. The Morgan fingerprint density at radius 3 is 2.31 bits per heavy atom. The second-order valence-electron chi connectivity index (χ2n) is 4.06. The van der Waals surface area contributed by atoms with Crippen molar-refractivity contribution in [3.63, 3.8) is 0 Å². The van der Waals surface area contributed by atoms with Gasteiger partial charge in [-0.05, 0) is 17.7 Å².